The van der Waals surface area contributed by atoms with Crippen molar-refractivity contribution in [2.45, 2.75) is 12.6 Å². The number of phenolic OH excluding ortho intramolecular Hbond substituents is 1. The number of hydrogen-bond acceptors (Lipinski definition) is 7. The van der Waals surface area contributed by atoms with Crippen molar-refractivity contribution in [3.63, 3.8) is 0 Å². The Morgan fingerprint density at radius 2 is 1.81 bits per heavy atom. The summed E-state index contributed by atoms with van der Waals surface area (Å²) in [5.41, 5.74) is 0.717. The first kappa shape index (κ1) is 19.7. The van der Waals surface area contributed by atoms with Gasteiger partial charge in [-0.2, -0.15) is 0 Å². The van der Waals surface area contributed by atoms with Gasteiger partial charge in [-0.05, 0) is 48.0 Å². The summed E-state index contributed by atoms with van der Waals surface area (Å²) >= 11 is 0. The average molecular weight is 433 g/mol. The molecule has 1 saturated heterocycles. The van der Waals surface area contributed by atoms with Crippen LogP contribution in [-0.4, -0.2) is 40.0 Å². The zero-order valence-corrected chi connectivity index (χ0v) is 16.9. The molecule has 2 N–H and O–H groups in total. The predicted octanol–water partition coefficient (Wildman–Crippen LogP) is 3.38. The molecular formula is C24H19NO7. The third kappa shape index (κ3) is 3.35. The molecule has 3 aromatic rings. The molecule has 8 heteroatoms. The van der Waals surface area contributed by atoms with Crippen LogP contribution in [0.1, 0.15) is 22.9 Å². The van der Waals surface area contributed by atoms with Gasteiger partial charge in [0.15, 0.2) is 11.5 Å². The molecule has 5 rings (SSSR count). The van der Waals surface area contributed by atoms with Crippen molar-refractivity contribution in [3.05, 3.63) is 83.3 Å². The number of Topliss-reactive ketones (excluding diaryl/α,β-unsaturated/α-hetero) is 1. The van der Waals surface area contributed by atoms with Crippen LogP contribution in [-0.2, 0) is 16.1 Å². The van der Waals surface area contributed by atoms with Crippen LogP contribution >= 0.6 is 0 Å². The zero-order valence-electron chi connectivity index (χ0n) is 16.9. The minimum absolute atomic E-state index is 0.0228. The van der Waals surface area contributed by atoms with Crippen molar-refractivity contribution in [3.8, 4) is 17.2 Å². The molecule has 3 heterocycles. The molecule has 0 aliphatic carbocycles. The van der Waals surface area contributed by atoms with Crippen LogP contribution in [0, 0.1) is 0 Å². The van der Waals surface area contributed by atoms with Gasteiger partial charge in [-0.25, -0.2) is 0 Å². The third-order valence-electron chi connectivity index (χ3n) is 5.45. The van der Waals surface area contributed by atoms with Crippen molar-refractivity contribution < 1.29 is 33.7 Å². The number of ketones is 1. The number of aliphatic hydroxyl groups excluding tert-OH is 1. The number of phenols is 1. The highest BCUT2D eigenvalue weighted by atomic mass is 16.6. The monoisotopic (exact) mass is 433 g/mol. The molecule has 1 atom stereocenters. The van der Waals surface area contributed by atoms with E-state index in [1.54, 1.807) is 42.5 Å². The summed E-state index contributed by atoms with van der Waals surface area (Å²) in [5.74, 6) is -0.488. The Balaban J connectivity index is 1.64. The number of aliphatic hydroxyl groups is 1. The summed E-state index contributed by atoms with van der Waals surface area (Å²) in [7, 11) is 0. The molecule has 0 saturated carbocycles. The van der Waals surface area contributed by atoms with Crippen LogP contribution in [0.2, 0.25) is 0 Å². The van der Waals surface area contributed by atoms with E-state index >= 15 is 0 Å². The predicted molar refractivity (Wildman–Crippen MR) is 112 cm³/mol. The Kier molecular flexibility index (Phi) is 4.82. The van der Waals surface area contributed by atoms with Crippen LogP contribution in [0.15, 0.2) is 70.9 Å². The van der Waals surface area contributed by atoms with Gasteiger partial charge in [-0.15, -0.1) is 0 Å². The van der Waals surface area contributed by atoms with Crippen molar-refractivity contribution >= 4 is 17.4 Å². The molecule has 2 aromatic carbocycles. The first-order chi connectivity index (χ1) is 15.5. The summed E-state index contributed by atoms with van der Waals surface area (Å²) in [6.07, 6.45) is 1.48. The lowest BCUT2D eigenvalue weighted by atomic mass is 9.95. The van der Waals surface area contributed by atoms with Gasteiger partial charge in [0, 0.05) is 5.56 Å². The number of nitrogens with zero attached hydrogens (tertiary/aromatic N) is 1. The average Bonchev–Trinajstić information content (AvgIpc) is 3.41. The number of carbonyl (C=O) groups is 2. The molecule has 1 unspecified atom stereocenters. The Bertz CT molecular complexity index is 1230. The second-order valence-corrected chi connectivity index (χ2v) is 7.46. The summed E-state index contributed by atoms with van der Waals surface area (Å²) in [4.78, 5) is 27.3. The van der Waals surface area contributed by atoms with Crippen LogP contribution in [0.3, 0.4) is 0 Å². The third-order valence-corrected chi connectivity index (χ3v) is 5.45. The molecule has 32 heavy (non-hydrogen) atoms. The van der Waals surface area contributed by atoms with Crippen LogP contribution in [0.5, 0.6) is 17.2 Å². The lowest BCUT2D eigenvalue weighted by Gasteiger charge is -2.24. The van der Waals surface area contributed by atoms with E-state index in [4.69, 9.17) is 13.9 Å². The number of aromatic hydroxyl groups is 1. The fourth-order valence-corrected chi connectivity index (χ4v) is 4.00. The number of likely N-dealkylation sites (tertiary alicyclic amines) is 1. The van der Waals surface area contributed by atoms with E-state index in [9.17, 15) is 19.8 Å². The second-order valence-electron chi connectivity index (χ2n) is 7.46. The van der Waals surface area contributed by atoms with Gasteiger partial charge in [0.05, 0.1) is 24.4 Å². The van der Waals surface area contributed by atoms with Gasteiger partial charge in [0.25, 0.3) is 11.7 Å². The SMILES string of the molecule is O=C1C(=O)N(Cc2ccco2)C(c2cccc(O)c2)C1=C(O)c1ccc2c(c1)OCCO2. The molecule has 2 aliphatic rings. The molecule has 0 bridgehead atoms. The molecule has 0 spiro atoms. The Hall–Kier alpha value is -4.20. The molecule has 1 amide bonds. The summed E-state index contributed by atoms with van der Waals surface area (Å²) < 4.78 is 16.5. The van der Waals surface area contributed by atoms with E-state index in [1.807, 2.05) is 0 Å². The number of carbonyl (C=O) groups excluding carboxylic acids is 2. The molecule has 2 aliphatic heterocycles. The normalized spacial score (nSPS) is 19.4. The van der Waals surface area contributed by atoms with Crippen molar-refractivity contribution in [2.24, 2.45) is 0 Å². The van der Waals surface area contributed by atoms with Crippen molar-refractivity contribution in [1.82, 2.24) is 4.90 Å². The number of benzene rings is 2. The standard InChI is InChI=1S/C24H19NO7/c26-16-4-1-3-14(11-16)21-20(23(28)24(29)25(21)13-17-5-2-8-30-17)22(27)15-6-7-18-19(12-15)32-10-9-31-18/h1-8,11-12,21,26-27H,9-10,13H2. The number of ether oxygens (including phenoxy) is 2. The van der Waals surface area contributed by atoms with Crippen molar-refractivity contribution in [1.29, 1.82) is 0 Å². The first-order valence-corrected chi connectivity index (χ1v) is 10.0. The molecular weight excluding hydrogens is 414 g/mol. The number of rotatable bonds is 4. The highest BCUT2D eigenvalue weighted by Gasteiger charge is 2.46. The van der Waals surface area contributed by atoms with Gasteiger partial charge < -0.3 is 29.0 Å². The summed E-state index contributed by atoms with van der Waals surface area (Å²) in [5, 5.41) is 21.2. The Labute approximate surface area is 182 Å². The van der Waals surface area contributed by atoms with Crippen molar-refractivity contribution in [2.75, 3.05) is 13.2 Å². The summed E-state index contributed by atoms with van der Waals surface area (Å²) in [6, 6.07) is 13.5. The lowest BCUT2D eigenvalue weighted by molar-refractivity contribution is -0.140. The maximum Gasteiger partial charge on any atom is 0.296 e. The fraction of sp³-hybridized carbons (Fsp3) is 0.167. The summed E-state index contributed by atoms with van der Waals surface area (Å²) in [6.45, 7) is 0.817. The van der Waals surface area contributed by atoms with Gasteiger partial charge in [-0.3, -0.25) is 9.59 Å². The van der Waals surface area contributed by atoms with Gasteiger partial charge in [0.1, 0.15) is 30.5 Å². The smallest absolute Gasteiger partial charge is 0.296 e. The van der Waals surface area contributed by atoms with E-state index < -0.39 is 17.7 Å². The molecule has 0 radical (unpaired) electrons. The zero-order chi connectivity index (χ0) is 22.2. The highest BCUT2D eigenvalue weighted by Crippen LogP contribution is 2.42. The fourth-order valence-electron chi connectivity index (χ4n) is 4.00. The Morgan fingerprint density at radius 1 is 1.00 bits per heavy atom. The quantitative estimate of drug-likeness (QED) is 0.369. The van der Waals surface area contributed by atoms with E-state index in [0.717, 1.165) is 0 Å². The molecule has 162 valence electrons. The van der Waals surface area contributed by atoms with Crippen LogP contribution in [0.4, 0.5) is 0 Å². The van der Waals surface area contributed by atoms with Crippen LogP contribution < -0.4 is 9.47 Å². The highest BCUT2D eigenvalue weighted by molar-refractivity contribution is 6.46. The number of furan rings is 1. The number of amides is 1. The van der Waals surface area contributed by atoms with Gasteiger partial charge in [-0.1, -0.05) is 12.1 Å². The van der Waals surface area contributed by atoms with E-state index in [1.165, 1.54) is 23.3 Å². The van der Waals surface area contributed by atoms with E-state index in [2.05, 4.69) is 0 Å². The second kappa shape index (κ2) is 7.81. The maximum atomic E-state index is 13.1. The lowest BCUT2D eigenvalue weighted by Crippen LogP contribution is -2.29. The number of fused-ring (bicyclic) bond motifs is 1. The molecule has 1 aromatic heterocycles. The minimum atomic E-state index is -0.916. The van der Waals surface area contributed by atoms with Crippen LogP contribution in [0.25, 0.3) is 5.76 Å². The van der Waals surface area contributed by atoms with Gasteiger partial charge in [0.2, 0.25) is 0 Å². The minimum Gasteiger partial charge on any atom is -0.508 e. The van der Waals surface area contributed by atoms with E-state index in [0.29, 0.717) is 41.6 Å². The van der Waals surface area contributed by atoms with Gasteiger partial charge >= 0.3 is 0 Å². The topological polar surface area (TPSA) is 109 Å². The Morgan fingerprint density at radius 3 is 2.56 bits per heavy atom. The largest absolute Gasteiger partial charge is 0.508 e. The maximum absolute atomic E-state index is 13.1. The first-order valence-electron chi connectivity index (χ1n) is 10.0. The number of hydrogen-bond donors (Lipinski definition) is 2. The molecule has 8 nitrogen and oxygen atoms in total. The molecule has 1 fully saturated rings. The van der Waals surface area contributed by atoms with E-state index in [-0.39, 0.29) is 23.6 Å².